The predicted molar refractivity (Wildman–Crippen MR) is 105 cm³/mol. The van der Waals surface area contributed by atoms with Gasteiger partial charge in [0.15, 0.2) is 5.16 Å². The zero-order chi connectivity index (χ0) is 18.1. The van der Waals surface area contributed by atoms with E-state index in [1.807, 2.05) is 13.8 Å². The number of carbonyl (C=O) groups is 1. The zero-order valence-electron chi connectivity index (χ0n) is 14.8. The van der Waals surface area contributed by atoms with Crippen LogP contribution < -0.4 is 10.9 Å². The number of thioether (sulfide) groups is 1. The van der Waals surface area contributed by atoms with Crippen molar-refractivity contribution in [3.8, 4) is 0 Å². The van der Waals surface area contributed by atoms with Gasteiger partial charge in [-0.25, -0.2) is 4.98 Å². The van der Waals surface area contributed by atoms with E-state index in [2.05, 4.69) is 23.8 Å². The van der Waals surface area contributed by atoms with E-state index < -0.39 is 0 Å². The molecule has 2 heterocycles. The Hall–Kier alpha value is -1.60. The number of carbonyl (C=O) groups excluding carboxylic acids is 1. The van der Waals surface area contributed by atoms with Crippen LogP contribution in [0.5, 0.6) is 0 Å². The summed E-state index contributed by atoms with van der Waals surface area (Å²) < 4.78 is 1.61. The molecule has 134 valence electrons. The van der Waals surface area contributed by atoms with E-state index >= 15 is 0 Å². The molecule has 3 rings (SSSR count). The molecule has 2 aromatic heterocycles. The van der Waals surface area contributed by atoms with Gasteiger partial charge in [0.1, 0.15) is 4.83 Å². The maximum atomic E-state index is 12.9. The Morgan fingerprint density at radius 2 is 2.24 bits per heavy atom. The quantitative estimate of drug-likeness (QED) is 0.457. The maximum absolute atomic E-state index is 12.9. The van der Waals surface area contributed by atoms with Crippen LogP contribution in [0.25, 0.3) is 10.2 Å². The number of hydrogen-bond acceptors (Lipinski definition) is 5. The number of aryl methyl sites for hydroxylation is 2. The van der Waals surface area contributed by atoms with Crippen LogP contribution in [0.4, 0.5) is 0 Å². The van der Waals surface area contributed by atoms with Crippen molar-refractivity contribution in [2.75, 3.05) is 5.75 Å². The van der Waals surface area contributed by atoms with Gasteiger partial charge in [-0.1, -0.05) is 17.8 Å². The SMILES string of the molecule is C=CCn1c(SCC(=O)N[C@H](C)C2CC2)nc2sc(C)c(C)c2c1=O. The highest BCUT2D eigenvalue weighted by atomic mass is 32.2. The predicted octanol–water partition coefficient (Wildman–Crippen LogP) is 3.27. The first-order valence-electron chi connectivity index (χ1n) is 8.46. The second-order valence-electron chi connectivity index (χ2n) is 6.54. The van der Waals surface area contributed by atoms with Crippen molar-refractivity contribution in [2.45, 2.75) is 51.4 Å². The number of fused-ring (bicyclic) bond motifs is 1. The fourth-order valence-corrected chi connectivity index (χ4v) is 4.74. The molecule has 1 aliphatic carbocycles. The monoisotopic (exact) mass is 377 g/mol. The summed E-state index contributed by atoms with van der Waals surface area (Å²) >= 11 is 2.84. The molecule has 0 spiro atoms. The third-order valence-electron chi connectivity index (χ3n) is 4.62. The van der Waals surface area contributed by atoms with Gasteiger partial charge in [-0.15, -0.1) is 17.9 Å². The number of aromatic nitrogens is 2. The van der Waals surface area contributed by atoms with Gasteiger partial charge >= 0.3 is 0 Å². The van der Waals surface area contributed by atoms with Crippen molar-refractivity contribution in [3.05, 3.63) is 33.4 Å². The first-order valence-corrected chi connectivity index (χ1v) is 10.3. The minimum atomic E-state index is -0.0546. The maximum Gasteiger partial charge on any atom is 0.263 e. The molecule has 0 saturated heterocycles. The summed E-state index contributed by atoms with van der Waals surface area (Å²) in [5.74, 6) is 0.872. The Labute approximate surface area is 155 Å². The summed E-state index contributed by atoms with van der Waals surface area (Å²) in [6.07, 6.45) is 4.08. The lowest BCUT2D eigenvalue weighted by Gasteiger charge is -2.13. The van der Waals surface area contributed by atoms with Gasteiger partial charge in [0, 0.05) is 17.5 Å². The molecule has 1 amide bonds. The Kier molecular flexibility index (Phi) is 5.34. The van der Waals surface area contributed by atoms with Crippen LogP contribution >= 0.6 is 23.1 Å². The lowest BCUT2D eigenvalue weighted by atomic mass is 10.2. The molecule has 1 aliphatic rings. The summed E-state index contributed by atoms with van der Waals surface area (Å²) in [5.41, 5.74) is 0.934. The third-order valence-corrected chi connectivity index (χ3v) is 6.69. The van der Waals surface area contributed by atoms with Crippen molar-refractivity contribution in [1.82, 2.24) is 14.9 Å². The fourth-order valence-electron chi connectivity index (χ4n) is 2.85. The molecule has 0 radical (unpaired) electrons. The largest absolute Gasteiger partial charge is 0.353 e. The van der Waals surface area contributed by atoms with Crippen LogP contribution in [0.15, 0.2) is 22.6 Å². The van der Waals surface area contributed by atoms with Crippen molar-refractivity contribution >= 4 is 39.2 Å². The highest BCUT2D eigenvalue weighted by Gasteiger charge is 2.28. The average Bonchev–Trinajstić information content (AvgIpc) is 3.36. The molecule has 5 nitrogen and oxygen atoms in total. The van der Waals surface area contributed by atoms with Crippen molar-refractivity contribution in [2.24, 2.45) is 5.92 Å². The van der Waals surface area contributed by atoms with Gasteiger partial charge in [-0.3, -0.25) is 14.2 Å². The number of amides is 1. The number of nitrogens with one attached hydrogen (secondary N) is 1. The number of hydrogen-bond donors (Lipinski definition) is 1. The van der Waals surface area contributed by atoms with Gasteiger partial charge in [-0.05, 0) is 45.1 Å². The Morgan fingerprint density at radius 1 is 1.52 bits per heavy atom. The number of rotatable bonds is 7. The standard InChI is InChI=1S/C18H23N3O2S2/c1-5-8-21-17(23)15-10(2)12(4)25-16(15)20-18(21)24-9-14(22)19-11(3)13-6-7-13/h5,11,13H,1,6-9H2,2-4H3,(H,19,22)/t11-/m1/s1. The molecule has 1 atom stereocenters. The molecule has 7 heteroatoms. The van der Waals surface area contributed by atoms with Crippen molar-refractivity contribution < 1.29 is 4.79 Å². The lowest BCUT2D eigenvalue weighted by Crippen LogP contribution is -2.35. The van der Waals surface area contributed by atoms with Gasteiger partial charge in [0.25, 0.3) is 5.56 Å². The van der Waals surface area contributed by atoms with E-state index in [1.165, 1.54) is 35.9 Å². The summed E-state index contributed by atoms with van der Waals surface area (Å²) in [4.78, 5) is 31.5. The molecule has 0 bridgehead atoms. The lowest BCUT2D eigenvalue weighted by molar-refractivity contribution is -0.119. The average molecular weight is 378 g/mol. The number of thiophene rings is 1. The van der Waals surface area contributed by atoms with Crippen LogP contribution in [0.2, 0.25) is 0 Å². The highest BCUT2D eigenvalue weighted by Crippen LogP contribution is 2.32. The van der Waals surface area contributed by atoms with Gasteiger partial charge in [-0.2, -0.15) is 0 Å². The second-order valence-corrected chi connectivity index (χ2v) is 8.69. The van der Waals surface area contributed by atoms with Crippen molar-refractivity contribution in [1.29, 1.82) is 0 Å². The van der Waals surface area contributed by atoms with E-state index in [4.69, 9.17) is 0 Å². The van der Waals surface area contributed by atoms with E-state index in [9.17, 15) is 9.59 Å². The van der Waals surface area contributed by atoms with Crippen LogP contribution in [0, 0.1) is 19.8 Å². The molecule has 1 saturated carbocycles. The van der Waals surface area contributed by atoms with E-state index in [-0.39, 0.29) is 23.3 Å². The van der Waals surface area contributed by atoms with E-state index in [1.54, 1.807) is 10.6 Å². The first-order chi connectivity index (χ1) is 11.9. The van der Waals surface area contributed by atoms with Gasteiger partial charge in [0.05, 0.1) is 11.1 Å². The molecular weight excluding hydrogens is 354 g/mol. The van der Waals surface area contributed by atoms with Crippen LogP contribution in [0.1, 0.15) is 30.2 Å². The van der Waals surface area contributed by atoms with E-state index in [0.717, 1.165) is 15.3 Å². The fraction of sp³-hybridized carbons (Fsp3) is 0.500. The second kappa shape index (κ2) is 7.33. The van der Waals surface area contributed by atoms with Gasteiger partial charge < -0.3 is 5.32 Å². The molecule has 0 aromatic carbocycles. The van der Waals surface area contributed by atoms with Crippen LogP contribution in [-0.2, 0) is 11.3 Å². The Balaban J connectivity index is 1.84. The van der Waals surface area contributed by atoms with Crippen molar-refractivity contribution in [3.63, 3.8) is 0 Å². The Bertz CT molecular complexity index is 881. The smallest absolute Gasteiger partial charge is 0.263 e. The summed E-state index contributed by atoms with van der Waals surface area (Å²) in [6.45, 7) is 10.1. The molecular formula is C18H23N3O2S2. The molecule has 1 fully saturated rings. The number of allylic oxidation sites excluding steroid dienone is 1. The first kappa shape index (κ1) is 18.2. The zero-order valence-corrected chi connectivity index (χ0v) is 16.4. The molecule has 1 N–H and O–H groups in total. The summed E-state index contributed by atoms with van der Waals surface area (Å²) in [6, 6.07) is 0.224. The molecule has 0 aliphatic heterocycles. The highest BCUT2D eigenvalue weighted by molar-refractivity contribution is 7.99. The summed E-state index contributed by atoms with van der Waals surface area (Å²) in [5, 5.41) is 4.29. The Morgan fingerprint density at radius 3 is 2.88 bits per heavy atom. The minimum absolute atomic E-state index is 0.0116. The molecule has 2 aromatic rings. The molecule has 25 heavy (non-hydrogen) atoms. The van der Waals surface area contributed by atoms with Crippen LogP contribution in [-0.4, -0.2) is 27.3 Å². The summed E-state index contributed by atoms with van der Waals surface area (Å²) in [7, 11) is 0. The van der Waals surface area contributed by atoms with E-state index in [0.29, 0.717) is 23.0 Å². The minimum Gasteiger partial charge on any atom is -0.353 e. The normalized spacial score (nSPS) is 15.3. The molecule has 0 unspecified atom stereocenters. The van der Waals surface area contributed by atoms with Gasteiger partial charge in [0.2, 0.25) is 5.91 Å². The number of nitrogens with zero attached hydrogens (tertiary/aromatic N) is 2. The third kappa shape index (κ3) is 3.82. The van der Waals surface area contributed by atoms with Crippen LogP contribution in [0.3, 0.4) is 0 Å². The topological polar surface area (TPSA) is 64.0 Å².